The second-order valence-electron chi connectivity index (χ2n) is 2.08. The number of aryl methyl sites for hydroxylation is 1. The predicted octanol–water partition coefficient (Wildman–Crippen LogP) is -2.90. The molecule has 12 heavy (non-hydrogen) atoms. The maximum atomic E-state index is 10.2. The Morgan fingerprint density at radius 2 is 2.42 bits per heavy atom. The molecule has 0 saturated carbocycles. The molecule has 4 nitrogen and oxygen atoms in total. The average molecular weight is 209 g/mol. The lowest BCUT2D eigenvalue weighted by molar-refractivity contribution is -0.677. The molecule has 3 N–H and O–H groups in total. The van der Waals surface area contributed by atoms with E-state index in [4.69, 9.17) is 10.8 Å². The van der Waals surface area contributed by atoms with Gasteiger partial charge in [0.05, 0.1) is 6.42 Å². The monoisotopic (exact) mass is 208 g/mol. The third-order valence-corrected chi connectivity index (χ3v) is 2.01. The van der Waals surface area contributed by atoms with E-state index >= 15 is 0 Å². The van der Waals surface area contributed by atoms with Crippen LogP contribution in [0.1, 0.15) is 6.42 Å². The summed E-state index contributed by atoms with van der Waals surface area (Å²) in [7, 11) is 0. The van der Waals surface area contributed by atoms with Gasteiger partial charge in [-0.15, -0.1) is 0 Å². The summed E-state index contributed by atoms with van der Waals surface area (Å²) in [6, 6.07) is 0. The molecule has 68 valence electrons. The number of halogens is 1. The number of nitrogens with two attached hydrogens (primary N) is 1. The number of hydrogen-bond donors (Lipinski definition) is 2. The van der Waals surface area contributed by atoms with Crippen molar-refractivity contribution in [2.45, 2.75) is 13.0 Å². The highest BCUT2D eigenvalue weighted by atomic mass is 35.5. The number of carboxylic acids is 1. The topological polar surface area (TPSA) is 67.2 Å². The third-order valence-electron chi connectivity index (χ3n) is 1.28. The van der Waals surface area contributed by atoms with E-state index in [2.05, 4.69) is 0 Å². The normalized spacial score (nSPS) is 9.00. The van der Waals surface area contributed by atoms with Crippen LogP contribution in [-0.4, -0.2) is 11.1 Å². The van der Waals surface area contributed by atoms with Crippen LogP contribution >= 0.6 is 11.3 Å². The summed E-state index contributed by atoms with van der Waals surface area (Å²) >= 11 is 1.40. The summed E-state index contributed by atoms with van der Waals surface area (Å²) in [6.07, 6.45) is 1.90. The summed E-state index contributed by atoms with van der Waals surface area (Å²) in [5.41, 5.74) is 5.52. The molecule has 1 aromatic rings. The molecule has 0 atom stereocenters. The first-order valence-corrected chi connectivity index (χ1v) is 4.02. The molecular formula is C6H9ClN2O2S. The number of hydrogen-bond acceptors (Lipinski definition) is 3. The van der Waals surface area contributed by atoms with Crippen molar-refractivity contribution < 1.29 is 26.9 Å². The van der Waals surface area contributed by atoms with Gasteiger partial charge in [-0.1, -0.05) is 11.3 Å². The fourth-order valence-corrected chi connectivity index (χ4v) is 1.35. The minimum atomic E-state index is -0.803. The molecule has 0 bridgehead atoms. The molecule has 0 amide bonds. The van der Waals surface area contributed by atoms with Gasteiger partial charge in [-0.05, 0) is 0 Å². The van der Waals surface area contributed by atoms with E-state index < -0.39 is 5.97 Å². The van der Waals surface area contributed by atoms with Gasteiger partial charge >= 0.3 is 11.1 Å². The highest BCUT2D eigenvalue weighted by Crippen LogP contribution is 2.02. The van der Waals surface area contributed by atoms with Crippen LogP contribution in [0.2, 0.25) is 0 Å². The Hall–Kier alpha value is -0.810. The van der Waals surface area contributed by atoms with Gasteiger partial charge in [0.15, 0.2) is 0 Å². The predicted molar refractivity (Wildman–Crippen MR) is 41.2 cm³/mol. The molecule has 0 aliphatic rings. The van der Waals surface area contributed by atoms with E-state index in [0.29, 0.717) is 11.7 Å². The largest absolute Gasteiger partial charge is 1.00 e. The number of carboxylic acid groups (broad SMARTS) is 1. The van der Waals surface area contributed by atoms with Gasteiger partial charge in [-0.3, -0.25) is 10.5 Å². The van der Waals surface area contributed by atoms with Crippen LogP contribution in [0, 0.1) is 0 Å². The second-order valence-corrected chi connectivity index (χ2v) is 3.00. The number of aromatic nitrogens is 1. The number of rotatable bonds is 3. The molecule has 0 saturated heterocycles. The number of anilines is 1. The zero-order valence-corrected chi connectivity index (χ0v) is 7.81. The van der Waals surface area contributed by atoms with Gasteiger partial charge in [-0.2, -0.15) is 0 Å². The highest BCUT2D eigenvalue weighted by molar-refractivity contribution is 7.12. The van der Waals surface area contributed by atoms with Crippen molar-refractivity contribution in [3.63, 3.8) is 0 Å². The summed E-state index contributed by atoms with van der Waals surface area (Å²) in [6.45, 7) is 0.449. The van der Waals surface area contributed by atoms with Crippen LogP contribution in [0.15, 0.2) is 11.6 Å². The van der Waals surface area contributed by atoms with E-state index in [0.717, 1.165) is 0 Å². The minimum Gasteiger partial charge on any atom is -1.00 e. The Labute approximate surface area is 80.0 Å². The maximum absolute atomic E-state index is 10.2. The lowest BCUT2D eigenvalue weighted by Gasteiger charge is -1.92. The van der Waals surface area contributed by atoms with E-state index in [1.165, 1.54) is 11.3 Å². The van der Waals surface area contributed by atoms with Crippen molar-refractivity contribution in [3.8, 4) is 0 Å². The number of thiazole rings is 1. The van der Waals surface area contributed by atoms with E-state index in [1.54, 1.807) is 10.8 Å². The quantitative estimate of drug-likeness (QED) is 0.524. The zero-order chi connectivity index (χ0) is 8.27. The van der Waals surface area contributed by atoms with Crippen LogP contribution < -0.4 is 22.7 Å². The zero-order valence-electron chi connectivity index (χ0n) is 6.24. The fourth-order valence-electron chi connectivity index (χ4n) is 0.716. The molecule has 0 spiro atoms. The smallest absolute Gasteiger partial charge is 0.331 e. The fraction of sp³-hybridized carbons (Fsp3) is 0.333. The van der Waals surface area contributed by atoms with Crippen molar-refractivity contribution >= 4 is 22.4 Å². The lowest BCUT2D eigenvalue weighted by Crippen LogP contribution is -3.00. The van der Waals surface area contributed by atoms with Crippen molar-refractivity contribution in [3.05, 3.63) is 11.6 Å². The SMILES string of the molecule is Nc1scc[n+]1CCC(=O)O.[Cl-]. The van der Waals surface area contributed by atoms with E-state index in [9.17, 15) is 4.79 Å². The lowest BCUT2D eigenvalue weighted by atomic mass is 10.4. The number of nitrogens with zero attached hydrogens (tertiary/aromatic N) is 1. The van der Waals surface area contributed by atoms with Gasteiger partial charge in [-0.25, -0.2) is 4.57 Å². The Morgan fingerprint density at radius 1 is 1.75 bits per heavy atom. The van der Waals surface area contributed by atoms with Crippen LogP contribution in [0.4, 0.5) is 5.13 Å². The second kappa shape index (κ2) is 4.95. The van der Waals surface area contributed by atoms with Gasteiger partial charge in [0.25, 0.3) is 0 Å². The first kappa shape index (κ1) is 11.2. The standard InChI is InChI=1S/C6H8N2O2S.ClH/c7-6-8(3-4-11-6)2-1-5(9)10;/h3-4,7H,1-2H2,(H,9,10);1H. The molecular weight excluding hydrogens is 200 g/mol. The van der Waals surface area contributed by atoms with Crippen LogP contribution in [0.5, 0.6) is 0 Å². The summed E-state index contributed by atoms with van der Waals surface area (Å²) in [5.74, 6) is -0.803. The van der Waals surface area contributed by atoms with Crippen LogP contribution in [0.3, 0.4) is 0 Å². The van der Waals surface area contributed by atoms with Crippen molar-refractivity contribution in [1.29, 1.82) is 0 Å². The molecule has 0 aromatic carbocycles. The number of aliphatic carboxylic acids is 1. The molecule has 0 fully saturated rings. The van der Waals surface area contributed by atoms with Gasteiger partial charge < -0.3 is 17.5 Å². The molecule has 0 unspecified atom stereocenters. The van der Waals surface area contributed by atoms with Gasteiger partial charge in [0, 0.05) is 5.38 Å². The number of nitrogen functional groups attached to an aromatic ring is 1. The van der Waals surface area contributed by atoms with E-state index in [-0.39, 0.29) is 18.8 Å². The summed E-state index contributed by atoms with van der Waals surface area (Å²) in [4.78, 5) is 10.2. The Bertz CT molecular complexity index is 264. The summed E-state index contributed by atoms with van der Waals surface area (Å²) in [5, 5.41) is 10.8. The van der Waals surface area contributed by atoms with Crippen molar-refractivity contribution in [2.24, 2.45) is 0 Å². The number of carbonyl (C=O) groups is 1. The average Bonchev–Trinajstić information content (AvgIpc) is 2.31. The molecule has 0 radical (unpaired) electrons. The molecule has 1 rings (SSSR count). The first-order valence-electron chi connectivity index (χ1n) is 3.14. The third kappa shape index (κ3) is 3.06. The summed E-state index contributed by atoms with van der Waals surface area (Å²) < 4.78 is 1.72. The maximum Gasteiger partial charge on any atom is 0.331 e. The Kier molecular flexibility index (Phi) is 4.61. The molecule has 0 aliphatic heterocycles. The molecule has 6 heteroatoms. The van der Waals surface area contributed by atoms with Crippen molar-refractivity contribution in [2.75, 3.05) is 5.73 Å². The molecule has 1 heterocycles. The first-order chi connectivity index (χ1) is 5.20. The van der Waals surface area contributed by atoms with Gasteiger partial charge in [0.2, 0.25) is 0 Å². The Balaban J connectivity index is 0.00000121. The molecule has 0 aliphatic carbocycles. The van der Waals surface area contributed by atoms with Crippen LogP contribution in [0.25, 0.3) is 0 Å². The van der Waals surface area contributed by atoms with E-state index in [1.807, 2.05) is 5.38 Å². The Morgan fingerprint density at radius 3 is 2.83 bits per heavy atom. The highest BCUT2D eigenvalue weighted by Gasteiger charge is 2.06. The minimum absolute atomic E-state index is 0. The van der Waals surface area contributed by atoms with Crippen LogP contribution in [-0.2, 0) is 11.3 Å². The van der Waals surface area contributed by atoms with Gasteiger partial charge in [0.1, 0.15) is 12.7 Å². The molecule has 1 aromatic heterocycles. The van der Waals surface area contributed by atoms with Crippen molar-refractivity contribution in [1.82, 2.24) is 0 Å².